The van der Waals surface area contributed by atoms with E-state index in [1.54, 1.807) is 16.8 Å². The lowest BCUT2D eigenvalue weighted by Crippen LogP contribution is -2.61. The van der Waals surface area contributed by atoms with E-state index in [1.807, 2.05) is 13.1 Å². The van der Waals surface area contributed by atoms with Crippen LogP contribution < -0.4 is 0 Å². The quantitative estimate of drug-likeness (QED) is 0.793. The predicted octanol–water partition coefficient (Wildman–Crippen LogP) is 1.94. The Morgan fingerprint density at radius 2 is 2.27 bits per heavy atom. The van der Waals surface area contributed by atoms with Gasteiger partial charge in [0.2, 0.25) is 0 Å². The fourth-order valence-electron chi connectivity index (χ4n) is 3.87. The molecule has 1 aliphatic heterocycles. The van der Waals surface area contributed by atoms with Crippen LogP contribution >= 0.6 is 0 Å². The second-order valence-electron chi connectivity index (χ2n) is 6.81. The molecule has 0 spiro atoms. The molecule has 2 heterocycles. The Morgan fingerprint density at radius 1 is 1.45 bits per heavy atom. The number of aromatic nitrogens is 3. The van der Waals surface area contributed by atoms with Gasteiger partial charge in [0, 0.05) is 25.0 Å². The highest BCUT2D eigenvalue weighted by Crippen LogP contribution is 2.53. The normalized spacial score (nSPS) is 29.1. The van der Waals surface area contributed by atoms with Crippen LogP contribution in [-0.2, 0) is 16.5 Å². The zero-order chi connectivity index (χ0) is 15.5. The summed E-state index contributed by atoms with van der Waals surface area (Å²) < 4.78 is 13.2. The van der Waals surface area contributed by atoms with E-state index < -0.39 is 0 Å². The number of hydrogen-bond acceptors (Lipinski definition) is 5. The van der Waals surface area contributed by atoms with Crippen LogP contribution in [0.1, 0.15) is 30.6 Å². The van der Waals surface area contributed by atoms with E-state index in [9.17, 15) is 4.79 Å². The number of ether oxygens (including phenoxy) is 2. The molecule has 1 aliphatic carbocycles. The first-order chi connectivity index (χ1) is 10.5. The molecule has 0 amide bonds. The number of esters is 1. The van der Waals surface area contributed by atoms with E-state index in [0.717, 1.165) is 18.5 Å². The second kappa shape index (κ2) is 4.52. The van der Waals surface area contributed by atoms with Gasteiger partial charge in [-0.2, -0.15) is 0 Å². The summed E-state index contributed by atoms with van der Waals surface area (Å²) in [5.74, 6) is 0.0372. The average Bonchev–Trinajstić information content (AvgIpc) is 3.10. The van der Waals surface area contributed by atoms with Gasteiger partial charge in [0.1, 0.15) is 11.6 Å². The van der Waals surface area contributed by atoms with Crippen LogP contribution in [-0.4, -0.2) is 39.8 Å². The van der Waals surface area contributed by atoms with Crippen LogP contribution in [0.2, 0.25) is 0 Å². The topological polar surface area (TPSA) is 66.2 Å². The van der Waals surface area contributed by atoms with E-state index in [0.29, 0.717) is 17.0 Å². The number of aryl methyl sites for hydroxylation is 1. The van der Waals surface area contributed by atoms with Gasteiger partial charge in [0.25, 0.3) is 0 Å². The van der Waals surface area contributed by atoms with Gasteiger partial charge in [0.15, 0.2) is 0 Å². The van der Waals surface area contributed by atoms with Gasteiger partial charge < -0.3 is 9.47 Å². The summed E-state index contributed by atoms with van der Waals surface area (Å²) in [7, 11) is 1.82. The van der Waals surface area contributed by atoms with Crippen molar-refractivity contribution in [2.75, 3.05) is 6.61 Å². The van der Waals surface area contributed by atoms with Gasteiger partial charge in [0.05, 0.1) is 17.2 Å². The summed E-state index contributed by atoms with van der Waals surface area (Å²) in [5, 5.41) is 7.99. The molecule has 2 fully saturated rings. The Morgan fingerprint density at radius 3 is 3.09 bits per heavy atom. The minimum absolute atomic E-state index is 0.0787. The number of rotatable bonds is 2. The van der Waals surface area contributed by atoms with Crippen molar-refractivity contribution in [3.8, 4) is 0 Å². The summed E-state index contributed by atoms with van der Waals surface area (Å²) in [6, 6.07) is 5.35. The first kappa shape index (κ1) is 13.7. The van der Waals surface area contributed by atoms with Crippen molar-refractivity contribution >= 4 is 17.0 Å². The lowest BCUT2D eigenvalue weighted by atomic mass is 9.59. The van der Waals surface area contributed by atoms with E-state index in [1.165, 1.54) is 0 Å². The Bertz CT molecular complexity index is 752. The summed E-state index contributed by atoms with van der Waals surface area (Å²) in [6.07, 6.45) is 1.10. The molecule has 1 saturated carbocycles. The number of carbonyl (C=O) groups excluding carboxylic acids is 1. The first-order valence-electron chi connectivity index (χ1n) is 7.60. The van der Waals surface area contributed by atoms with Crippen LogP contribution in [0.15, 0.2) is 18.2 Å². The largest absolute Gasteiger partial charge is 0.458 e. The molecule has 6 heteroatoms. The van der Waals surface area contributed by atoms with Gasteiger partial charge in [-0.05, 0) is 24.6 Å². The SMILES string of the molecule is Cn1nnc2cc(C(=O)O[C@@H]3[C@H]4CCO[C@H]4C3(C)C)ccc21. The van der Waals surface area contributed by atoms with Crippen LogP contribution in [0.5, 0.6) is 0 Å². The van der Waals surface area contributed by atoms with Crippen molar-refractivity contribution < 1.29 is 14.3 Å². The summed E-state index contributed by atoms with van der Waals surface area (Å²) in [6.45, 7) is 4.96. The van der Waals surface area contributed by atoms with Crippen molar-refractivity contribution in [1.29, 1.82) is 0 Å². The van der Waals surface area contributed by atoms with Crippen molar-refractivity contribution in [1.82, 2.24) is 15.0 Å². The van der Waals surface area contributed by atoms with Crippen LogP contribution in [0, 0.1) is 11.3 Å². The number of fused-ring (bicyclic) bond motifs is 2. The molecule has 0 radical (unpaired) electrons. The summed E-state index contributed by atoms with van der Waals surface area (Å²) in [5.41, 5.74) is 2.00. The fourth-order valence-corrected chi connectivity index (χ4v) is 3.87. The highest BCUT2D eigenvalue weighted by atomic mass is 16.6. The Balaban J connectivity index is 1.56. The van der Waals surface area contributed by atoms with Gasteiger partial charge in [-0.1, -0.05) is 19.1 Å². The third-order valence-electron chi connectivity index (χ3n) is 5.07. The molecular weight excluding hydrogens is 282 g/mol. The second-order valence-corrected chi connectivity index (χ2v) is 6.81. The van der Waals surface area contributed by atoms with E-state index in [4.69, 9.17) is 9.47 Å². The molecule has 4 rings (SSSR count). The van der Waals surface area contributed by atoms with Crippen molar-refractivity contribution in [3.63, 3.8) is 0 Å². The zero-order valence-electron chi connectivity index (χ0n) is 12.9. The van der Waals surface area contributed by atoms with Gasteiger partial charge in [-0.3, -0.25) is 0 Å². The molecule has 1 aromatic carbocycles. The molecule has 1 aromatic heterocycles. The van der Waals surface area contributed by atoms with Crippen LogP contribution in [0.25, 0.3) is 11.0 Å². The molecule has 6 nitrogen and oxygen atoms in total. The summed E-state index contributed by atoms with van der Waals surface area (Å²) >= 11 is 0. The molecule has 116 valence electrons. The maximum atomic E-state index is 12.5. The molecule has 2 aromatic rings. The third kappa shape index (κ3) is 1.80. The summed E-state index contributed by atoms with van der Waals surface area (Å²) in [4.78, 5) is 12.5. The van der Waals surface area contributed by atoms with E-state index in [2.05, 4.69) is 24.2 Å². The third-order valence-corrected chi connectivity index (χ3v) is 5.07. The van der Waals surface area contributed by atoms with Gasteiger partial charge >= 0.3 is 5.97 Å². The standard InChI is InChI=1S/C16H19N3O3/c1-16(2)13-10(6-7-21-13)14(16)22-15(20)9-4-5-12-11(8-9)17-18-19(12)3/h4-5,8,10,13-14H,6-7H2,1-3H3/t10-,13+,14+/m0/s1. The lowest BCUT2D eigenvalue weighted by Gasteiger charge is -2.53. The molecule has 0 bridgehead atoms. The minimum atomic E-state index is -0.295. The maximum absolute atomic E-state index is 12.5. The molecule has 3 atom stereocenters. The van der Waals surface area contributed by atoms with Gasteiger partial charge in [-0.15, -0.1) is 5.10 Å². The van der Waals surface area contributed by atoms with E-state index >= 15 is 0 Å². The first-order valence-corrected chi connectivity index (χ1v) is 7.60. The van der Waals surface area contributed by atoms with Crippen molar-refractivity contribution in [3.05, 3.63) is 23.8 Å². The van der Waals surface area contributed by atoms with Crippen LogP contribution in [0.4, 0.5) is 0 Å². The van der Waals surface area contributed by atoms with Crippen molar-refractivity contribution in [2.24, 2.45) is 18.4 Å². The number of benzene rings is 1. The van der Waals surface area contributed by atoms with E-state index in [-0.39, 0.29) is 23.6 Å². The zero-order valence-corrected chi connectivity index (χ0v) is 12.9. The molecule has 1 saturated heterocycles. The minimum Gasteiger partial charge on any atom is -0.458 e. The highest BCUT2D eigenvalue weighted by Gasteiger charge is 2.61. The molecule has 0 unspecified atom stereocenters. The number of hydrogen-bond donors (Lipinski definition) is 0. The fraction of sp³-hybridized carbons (Fsp3) is 0.562. The molecular formula is C16H19N3O3. The van der Waals surface area contributed by atoms with Gasteiger partial charge in [-0.25, -0.2) is 9.48 Å². The number of carbonyl (C=O) groups is 1. The van der Waals surface area contributed by atoms with Crippen LogP contribution in [0.3, 0.4) is 0 Å². The Kier molecular flexibility index (Phi) is 2.81. The predicted molar refractivity (Wildman–Crippen MR) is 79.3 cm³/mol. The maximum Gasteiger partial charge on any atom is 0.338 e. The van der Waals surface area contributed by atoms with Crippen molar-refractivity contribution in [2.45, 2.75) is 32.5 Å². The Labute approximate surface area is 128 Å². The molecule has 2 aliphatic rings. The average molecular weight is 301 g/mol. The molecule has 0 N–H and O–H groups in total. The Hall–Kier alpha value is -1.95. The lowest BCUT2D eigenvalue weighted by molar-refractivity contribution is -0.183. The smallest absolute Gasteiger partial charge is 0.338 e. The monoisotopic (exact) mass is 301 g/mol. The highest BCUT2D eigenvalue weighted by molar-refractivity contribution is 5.93. The number of nitrogens with zero attached hydrogens (tertiary/aromatic N) is 3. The molecule has 22 heavy (non-hydrogen) atoms.